The van der Waals surface area contributed by atoms with Crippen molar-refractivity contribution < 1.29 is 0 Å². The largest absolute Gasteiger partial charge is 0.309 e. The molecule has 0 saturated carbocycles. The first-order valence-corrected chi connectivity index (χ1v) is 4.71. The lowest BCUT2D eigenvalue weighted by molar-refractivity contribution is 0.813. The van der Waals surface area contributed by atoms with E-state index in [2.05, 4.69) is 38.6 Å². The SMILES string of the molecule is Brc1ccc(C2=NNCC2)cc1. The standard InChI is InChI=1S/C9H9BrN2/c10-8-3-1-7(2-4-8)9-5-6-11-12-9/h1-4,11H,5-6H2. The average molecular weight is 225 g/mol. The highest BCUT2D eigenvalue weighted by Gasteiger charge is 2.07. The highest BCUT2D eigenvalue weighted by Crippen LogP contribution is 2.13. The molecular formula is C9H9BrN2. The van der Waals surface area contributed by atoms with E-state index in [4.69, 9.17) is 0 Å². The molecule has 1 aliphatic rings. The summed E-state index contributed by atoms with van der Waals surface area (Å²) in [4.78, 5) is 0. The number of hydrogen-bond donors (Lipinski definition) is 1. The average Bonchev–Trinajstić information content (AvgIpc) is 2.58. The Morgan fingerprint density at radius 1 is 1.25 bits per heavy atom. The lowest BCUT2D eigenvalue weighted by Gasteiger charge is -1.97. The number of rotatable bonds is 1. The van der Waals surface area contributed by atoms with E-state index in [0.29, 0.717) is 0 Å². The molecule has 1 N–H and O–H groups in total. The van der Waals surface area contributed by atoms with Crippen LogP contribution in [0, 0.1) is 0 Å². The van der Waals surface area contributed by atoms with Crippen LogP contribution in [-0.4, -0.2) is 12.3 Å². The third kappa shape index (κ3) is 1.50. The highest BCUT2D eigenvalue weighted by atomic mass is 79.9. The summed E-state index contributed by atoms with van der Waals surface area (Å²) in [5.41, 5.74) is 5.33. The molecule has 2 rings (SSSR count). The summed E-state index contributed by atoms with van der Waals surface area (Å²) >= 11 is 3.40. The van der Waals surface area contributed by atoms with Crippen LogP contribution in [0.25, 0.3) is 0 Å². The van der Waals surface area contributed by atoms with Gasteiger partial charge in [0.2, 0.25) is 0 Å². The minimum absolute atomic E-state index is 0.964. The number of hydrogen-bond acceptors (Lipinski definition) is 2. The van der Waals surface area contributed by atoms with Crippen LogP contribution in [0.5, 0.6) is 0 Å². The number of halogens is 1. The van der Waals surface area contributed by atoms with E-state index in [1.54, 1.807) is 0 Å². The first-order valence-electron chi connectivity index (χ1n) is 3.91. The zero-order valence-electron chi connectivity index (χ0n) is 6.55. The van der Waals surface area contributed by atoms with Crippen molar-refractivity contribution in [3.8, 4) is 0 Å². The molecule has 2 nitrogen and oxygen atoms in total. The predicted molar refractivity (Wildman–Crippen MR) is 53.3 cm³/mol. The van der Waals surface area contributed by atoms with Crippen molar-refractivity contribution >= 4 is 21.6 Å². The molecule has 0 fully saturated rings. The topological polar surface area (TPSA) is 24.4 Å². The Morgan fingerprint density at radius 3 is 2.58 bits per heavy atom. The van der Waals surface area contributed by atoms with Crippen molar-refractivity contribution in [3.05, 3.63) is 34.3 Å². The first kappa shape index (κ1) is 7.80. The molecule has 0 unspecified atom stereocenters. The molecule has 3 heteroatoms. The quantitative estimate of drug-likeness (QED) is 0.777. The van der Waals surface area contributed by atoms with Crippen LogP contribution in [0.4, 0.5) is 0 Å². The Kier molecular flexibility index (Phi) is 2.13. The lowest BCUT2D eigenvalue weighted by Crippen LogP contribution is -1.97. The third-order valence-corrected chi connectivity index (χ3v) is 2.39. The zero-order chi connectivity index (χ0) is 8.39. The van der Waals surface area contributed by atoms with Gasteiger partial charge in [-0.25, -0.2) is 0 Å². The summed E-state index contributed by atoms with van der Waals surface area (Å²) in [6.45, 7) is 0.964. The van der Waals surface area contributed by atoms with Crippen molar-refractivity contribution in [2.75, 3.05) is 6.54 Å². The first-order chi connectivity index (χ1) is 5.86. The van der Waals surface area contributed by atoms with Crippen LogP contribution < -0.4 is 5.43 Å². The monoisotopic (exact) mass is 224 g/mol. The summed E-state index contributed by atoms with van der Waals surface area (Å²) in [6, 6.07) is 8.23. The van der Waals surface area contributed by atoms with Crippen LogP contribution in [0.2, 0.25) is 0 Å². The van der Waals surface area contributed by atoms with Gasteiger partial charge in [-0.3, -0.25) is 0 Å². The van der Waals surface area contributed by atoms with E-state index in [1.165, 1.54) is 5.56 Å². The van der Waals surface area contributed by atoms with E-state index in [1.807, 2.05) is 12.1 Å². The van der Waals surface area contributed by atoms with Gasteiger partial charge in [-0.05, 0) is 17.7 Å². The van der Waals surface area contributed by atoms with Crippen molar-refractivity contribution in [1.82, 2.24) is 5.43 Å². The smallest absolute Gasteiger partial charge is 0.0693 e. The Labute approximate surface area is 79.8 Å². The van der Waals surface area contributed by atoms with E-state index >= 15 is 0 Å². The molecule has 1 heterocycles. The van der Waals surface area contributed by atoms with Gasteiger partial charge in [0.1, 0.15) is 0 Å². The molecule has 0 saturated heterocycles. The molecule has 0 amide bonds. The van der Waals surface area contributed by atoms with E-state index in [9.17, 15) is 0 Å². The van der Waals surface area contributed by atoms with E-state index < -0.39 is 0 Å². The third-order valence-electron chi connectivity index (χ3n) is 1.87. The fourth-order valence-electron chi connectivity index (χ4n) is 1.23. The summed E-state index contributed by atoms with van der Waals surface area (Å²) in [5.74, 6) is 0. The molecule has 0 aromatic heterocycles. The maximum atomic E-state index is 4.19. The van der Waals surface area contributed by atoms with Crippen molar-refractivity contribution in [1.29, 1.82) is 0 Å². The van der Waals surface area contributed by atoms with Gasteiger partial charge in [0, 0.05) is 17.4 Å². The zero-order valence-corrected chi connectivity index (χ0v) is 8.13. The molecule has 1 aliphatic heterocycles. The molecule has 0 bridgehead atoms. The van der Waals surface area contributed by atoms with Crippen molar-refractivity contribution in [3.63, 3.8) is 0 Å². The Bertz CT molecular complexity index is 303. The summed E-state index contributed by atoms with van der Waals surface area (Å²) in [5, 5.41) is 4.19. The maximum Gasteiger partial charge on any atom is 0.0693 e. The second-order valence-electron chi connectivity index (χ2n) is 2.72. The van der Waals surface area contributed by atoms with Crippen LogP contribution in [0.1, 0.15) is 12.0 Å². The molecule has 1 aromatic rings. The van der Waals surface area contributed by atoms with Crippen LogP contribution in [0.3, 0.4) is 0 Å². The van der Waals surface area contributed by atoms with E-state index in [0.717, 1.165) is 23.1 Å². The van der Waals surface area contributed by atoms with Gasteiger partial charge >= 0.3 is 0 Å². The molecule has 0 atom stereocenters. The van der Waals surface area contributed by atoms with Gasteiger partial charge in [0.05, 0.1) is 5.71 Å². The van der Waals surface area contributed by atoms with Gasteiger partial charge in [-0.1, -0.05) is 28.1 Å². The molecule has 12 heavy (non-hydrogen) atoms. The molecule has 0 spiro atoms. The number of hydrazone groups is 1. The van der Waals surface area contributed by atoms with E-state index in [-0.39, 0.29) is 0 Å². The van der Waals surface area contributed by atoms with Gasteiger partial charge in [0.15, 0.2) is 0 Å². The second kappa shape index (κ2) is 3.27. The Morgan fingerprint density at radius 2 is 2.00 bits per heavy atom. The minimum Gasteiger partial charge on any atom is -0.309 e. The Balaban J connectivity index is 2.28. The molecule has 1 aromatic carbocycles. The van der Waals surface area contributed by atoms with Crippen LogP contribution >= 0.6 is 15.9 Å². The number of benzene rings is 1. The number of nitrogens with one attached hydrogen (secondary N) is 1. The summed E-state index contributed by atoms with van der Waals surface area (Å²) in [6.07, 6.45) is 1.03. The minimum atomic E-state index is 0.964. The van der Waals surface area contributed by atoms with Crippen molar-refractivity contribution in [2.24, 2.45) is 5.10 Å². The van der Waals surface area contributed by atoms with Gasteiger partial charge < -0.3 is 5.43 Å². The lowest BCUT2D eigenvalue weighted by atomic mass is 10.1. The summed E-state index contributed by atoms with van der Waals surface area (Å²) < 4.78 is 1.11. The highest BCUT2D eigenvalue weighted by molar-refractivity contribution is 9.10. The molecule has 0 radical (unpaired) electrons. The normalized spacial score (nSPS) is 15.6. The summed E-state index contributed by atoms with van der Waals surface area (Å²) in [7, 11) is 0. The predicted octanol–water partition coefficient (Wildman–Crippen LogP) is 2.15. The van der Waals surface area contributed by atoms with Gasteiger partial charge in [-0.2, -0.15) is 5.10 Å². The molecule has 62 valence electrons. The fraction of sp³-hybridized carbons (Fsp3) is 0.222. The second-order valence-corrected chi connectivity index (χ2v) is 3.64. The molecular weight excluding hydrogens is 216 g/mol. The molecule has 0 aliphatic carbocycles. The van der Waals surface area contributed by atoms with Gasteiger partial charge in [0.25, 0.3) is 0 Å². The fourth-order valence-corrected chi connectivity index (χ4v) is 1.50. The Hall–Kier alpha value is -0.830. The number of nitrogens with zero attached hydrogens (tertiary/aromatic N) is 1. The van der Waals surface area contributed by atoms with Gasteiger partial charge in [-0.15, -0.1) is 0 Å². The maximum absolute atomic E-state index is 4.19. The van der Waals surface area contributed by atoms with Crippen LogP contribution in [0.15, 0.2) is 33.8 Å². The van der Waals surface area contributed by atoms with Crippen molar-refractivity contribution in [2.45, 2.75) is 6.42 Å². The van der Waals surface area contributed by atoms with Crippen LogP contribution in [-0.2, 0) is 0 Å².